The number of aryl methyl sites for hydroxylation is 2. The minimum Gasteiger partial charge on any atom is -0.493 e. The van der Waals surface area contributed by atoms with Crippen molar-refractivity contribution < 1.29 is 19.4 Å². The normalized spacial score (nSPS) is 14.0. The quantitative estimate of drug-likeness (QED) is 0.294. The van der Waals surface area contributed by atoms with E-state index in [1.807, 2.05) is 47.7 Å². The van der Waals surface area contributed by atoms with Crippen LogP contribution < -0.4 is 9.47 Å². The van der Waals surface area contributed by atoms with E-state index in [0.29, 0.717) is 13.2 Å². The highest BCUT2D eigenvalue weighted by molar-refractivity contribution is 7.15. The van der Waals surface area contributed by atoms with E-state index in [1.165, 1.54) is 29.8 Å². The van der Waals surface area contributed by atoms with Crippen LogP contribution in [0.15, 0.2) is 54.7 Å². The Bertz CT molecular complexity index is 1270. The standard InChI is InChI=1S/C27H28N2O4S/c1-18(27(30)31)29-14-13-20-17-22(11-12-24(20)29)33-16-4-15-32-21-9-7-19(8-10-21)26-28-23-5-2-3-6-25(23)34-26/h7-14,17-18H,2-6,15-16H2,1H3,(H,30,31)/t18-/m0/s1. The Labute approximate surface area is 202 Å². The number of thiazole rings is 1. The highest BCUT2D eigenvalue weighted by Crippen LogP contribution is 2.33. The smallest absolute Gasteiger partial charge is 0.326 e. The van der Waals surface area contributed by atoms with Gasteiger partial charge in [-0.05, 0) is 81.1 Å². The fourth-order valence-electron chi connectivity index (χ4n) is 4.30. The van der Waals surface area contributed by atoms with Crippen LogP contribution in [0.4, 0.5) is 0 Å². The molecule has 0 fully saturated rings. The predicted octanol–water partition coefficient (Wildman–Crippen LogP) is 6.14. The summed E-state index contributed by atoms with van der Waals surface area (Å²) in [6.07, 6.45) is 7.37. The summed E-state index contributed by atoms with van der Waals surface area (Å²) in [7, 11) is 0. The van der Waals surface area contributed by atoms with Gasteiger partial charge in [0.15, 0.2) is 0 Å². The summed E-state index contributed by atoms with van der Waals surface area (Å²) in [6, 6.07) is 15.2. The molecule has 5 rings (SSSR count). The lowest BCUT2D eigenvalue weighted by molar-refractivity contribution is -0.140. The number of benzene rings is 2. The molecule has 6 nitrogen and oxygen atoms in total. The monoisotopic (exact) mass is 476 g/mol. The molecule has 1 N–H and O–H groups in total. The molecule has 0 amide bonds. The van der Waals surface area contributed by atoms with E-state index in [-0.39, 0.29) is 0 Å². The van der Waals surface area contributed by atoms with Crippen molar-refractivity contribution in [2.45, 2.75) is 45.1 Å². The number of ether oxygens (including phenoxy) is 2. The van der Waals surface area contributed by atoms with E-state index in [4.69, 9.17) is 14.5 Å². The molecule has 0 bridgehead atoms. The van der Waals surface area contributed by atoms with E-state index in [1.54, 1.807) is 17.7 Å². The molecule has 176 valence electrons. The molecule has 0 spiro atoms. The number of aromatic nitrogens is 2. The number of nitrogens with zero attached hydrogens (tertiary/aromatic N) is 2. The van der Waals surface area contributed by atoms with Gasteiger partial charge in [0, 0.05) is 34.0 Å². The number of rotatable bonds is 9. The summed E-state index contributed by atoms with van der Waals surface area (Å²) >= 11 is 1.83. The van der Waals surface area contributed by atoms with Crippen molar-refractivity contribution >= 4 is 28.2 Å². The van der Waals surface area contributed by atoms with E-state index in [0.717, 1.165) is 45.8 Å². The van der Waals surface area contributed by atoms with E-state index >= 15 is 0 Å². The Hall–Kier alpha value is -3.32. The lowest BCUT2D eigenvalue weighted by atomic mass is 10.0. The zero-order valence-corrected chi connectivity index (χ0v) is 20.0. The highest BCUT2D eigenvalue weighted by atomic mass is 32.1. The highest BCUT2D eigenvalue weighted by Gasteiger charge is 2.16. The zero-order chi connectivity index (χ0) is 23.5. The fourth-order valence-corrected chi connectivity index (χ4v) is 5.45. The second kappa shape index (κ2) is 9.89. The first-order valence-electron chi connectivity index (χ1n) is 11.8. The van der Waals surface area contributed by atoms with Gasteiger partial charge >= 0.3 is 5.97 Å². The Morgan fingerprint density at radius 2 is 1.79 bits per heavy atom. The number of fused-ring (bicyclic) bond motifs is 2. The van der Waals surface area contributed by atoms with Gasteiger partial charge in [-0.1, -0.05) is 0 Å². The second-order valence-corrected chi connectivity index (χ2v) is 9.71. The molecule has 0 saturated heterocycles. The molecule has 1 aliphatic carbocycles. The number of hydrogen-bond donors (Lipinski definition) is 1. The second-order valence-electron chi connectivity index (χ2n) is 8.63. The van der Waals surface area contributed by atoms with Crippen LogP contribution >= 0.6 is 11.3 Å². The van der Waals surface area contributed by atoms with Crippen molar-refractivity contribution in [3.8, 4) is 22.1 Å². The SMILES string of the molecule is C[C@@H](C(=O)O)n1ccc2cc(OCCCOc3ccc(-c4nc5c(s4)CCCC5)cc3)ccc21. The van der Waals surface area contributed by atoms with Gasteiger partial charge in [0.2, 0.25) is 0 Å². The van der Waals surface area contributed by atoms with Crippen LogP contribution in [0, 0.1) is 0 Å². The number of carboxylic acid groups (broad SMARTS) is 1. The number of aliphatic carboxylic acids is 1. The lowest BCUT2D eigenvalue weighted by Crippen LogP contribution is -2.14. The number of hydrogen-bond acceptors (Lipinski definition) is 5. The summed E-state index contributed by atoms with van der Waals surface area (Å²) in [4.78, 5) is 17.6. The van der Waals surface area contributed by atoms with Gasteiger partial charge < -0.3 is 19.1 Å². The Kier molecular flexibility index (Phi) is 6.54. The van der Waals surface area contributed by atoms with Crippen LogP contribution in [-0.2, 0) is 17.6 Å². The average molecular weight is 477 g/mol. The van der Waals surface area contributed by atoms with Crippen LogP contribution in [0.1, 0.15) is 42.8 Å². The Morgan fingerprint density at radius 3 is 2.56 bits per heavy atom. The first kappa shape index (κ1) is 22.5. The number of carboxylic acids is 1. The number of carbonyl (C=O) groups is 1. The molecule has 2 aromatic carbocycles. The Morgan fingerprint density at radius 1 is 1.06 bits per heavy atom. The van der Waals surface area contributed by atoms with E-state index < -0.39 is 12.0 Å². The van der Waals surface area contributed by atoms with Gasteiger partial charge in [0.25, 0.3) is 0 Å². The van der Waals surface area contributed by atoms with E-state index in [9.17, 15) is 9.90 Å². The lowest BCUT2D eigenvalue weighted by Gasteiger charge is -2.11. The van der Waals surface area contributed by atoms with Crippen LogP contribution in [0.25, 0.3) is 21.5 Å². The van der Waals surface area contributed by atoms with Crippen molar-refractivity contribution in [3.05, 3.63) is 65.3 Å². The molecule has 0 radical (unpaired) electrons. The molecule has 2 heterocycles. The van der Waals surface area contributed by atoms with Crippen molar-refractivity contribution in [2.75, 3.05) is 13.2 Å². The summed E-state index contributed by atoms with van der Waals surface area (Å²) in [5.74, 6) is 0.762. The maximum absolute atomic E-state index is 11.3. The van der Waals surface area contributed by atoms with Crippen LogP contribution in [0.2, 0.25) is 0 Å². The first-order chi connectivity index (χ1) is 16.6. The minimum absolute atomic E-state index is 0.542. The summed E-state index contributed by atoms with van der Waals surface area (Å²) in [6.45, 7) is 2.78. The summed E-state index contributed by atoms with van der Waals surface area (Å²) in [5, 5.41) is 11.3. The molecule has 1 atom stereocenters. The summed E-state index contributed by atoms with van der Waals surface area (Å²) < 4.78 is 13.5. The molecule has 2 aromatic heterocycles. The average Bonchev–Trinajstić information content (AvgIpc) is 3.48. The van der Waals surface area contributed by atoms with Crippen molar-refractivity contribution in [1.29, 1.82) is 0 Å². The maximum atomic E-state index is 11.3. The van der Waals surface area contributed by atoms with Gasteiger partial charge in [-0.2, -0.15) is 0 Å². The van der Waals surface area contributed by atoms with Gasteiger partial charge in [-0.25, -0.2) is 9.78 Å². The van der Waals surface area contributed by atoms with Gasteiger partial charge in [-0.3, -0.25) is 0 Å². The molecule has 0 saturated carbocycles. The fraction of sp³-hybridized carbons (Fsp3) is 0.333. The Balaban J connectivity index is 1.10. The largest absolute Gasteiger partial charge is 0.493 e. The molecule has 0 aliphatic heterocycles. The van der Waals surface area contributed by atoms with Gasteiger partial charge in [0.05, 0.1) is 18.9 Å². The zero-order valence-electron chi connectivity index (χ0n) is 19.2. The molecule has 1 aliphatic rings. The molecule has 0 unspecified atom stereocenters. The van der Waals surface area contributed by atoms with Crippen molar-refractivity contribution in [2.24, 2.45) is 0 Å². The van der Waals surface area contributed by atoms with Gasteiger partial charge in [-0.15, -0.1) is 11.3 Å². The van der Waals surface area contributed by atoms with Crippen molar-refractivity contribution in [1.82, 2.24) is 9.55 Å². The predicted molar refractivity (Wildman–Crippen MR) is 134 cm³/mol. The summed E-state index contributed by atoms with van der Waals surface area (Å²) in [5.41, 5.74) is 3.32. The van der Waals surface area contributed by atoms with E-state index in [2.05, 4.69) is 12.1 Å². The molecule has 4 aromatic rings. The van der Waals surface area contributed by atoms with Crippen LogP contribution in [-0.4, -0.2) is 33.8 Å². The van der Waals surface area contributed by atoms with Crippen molar-refractivity contribution in [3.63, 3.8) is 0 Å². The molecular formula is C27H28N2O4S. The maximum Gasteiger partial charge on any atom is 0.326 e. The minimum atomic E-state index is -0.852. The molecular weight excluding hydrogens is 448 g/mol. The third kappa shape index (κ3) is 4.80. The third-order valence-corrected chi connectivity index (χ3v) is 7.45. The van der Waals surface area contributed by atoms with Crippen LogP contribution in [0.3, 0.4) is 0 Å². The molecule has 34 heavy (non-hydrogen) atoms. The van der Waals surface area contributed by atoms with Crippen LogP contribution in [0.5, 0.6) is 11.5 Å². The third-order valence-electron chi connectivity index (χ3n) is 6.24. The topological polar surface area (TPSA) is 73.6 Å². The first-order valence-corrected chi connectivity index (χ1v) is 12.6. The van der Waals surface area contributed by atoms with Gasteiger partial charge in [0.1, 0.15) is 22.5 Å². The molecule has 7 heteroatoms.